The van der Waals surface area contributed by atoms with Crippen molar-refractivity contribution >= 4 is 10.9 Å². The first-order chi connectivity index (χ1) is 20.1. The van der Waals surface area contributed by atoms with Crippen LogP contribution in [0.15, 0.2) is 41.2 Å². The van der Waals surface area contributed by atoms with Crippen molar-refractivity contribution in [2.24, 2.45) is 0 Å². The van der Waals surface area contributed by atoms with Crippen LogP contribution < -0.4 is 24.4 Å². The van der Waals surface area contributed by atoms with Crippen molar-refractivity contribution in [2.45, 2.75) is 103 Å². The second-order valence-corrected chi connectivity index (χ2v) is 10.9. The Labute approximate surface area is 247 Å². The number of unbranched alkanes of at least 4 members (excludes halogenated alkanes) is 13. The van der Waals surface area contributed by atoms with Gasteiger partial charge in [-0.15, -0.1) is 0 Å². The van der Waals surface area contributed by atoms with E-state index in [4.69, 9.17) is 18.9 Å². The van der Waals surface area contributed by atoms with Crippen molar-refractivity contribution in [1.82, 2.24) is 4.57 Å². The second-order valence-electron chi connectivity index (χ2n) is 10.9. The van der Waals surface area contributed by atoms with Crippen LogP contribution in [0.25, 0.3) is 22.2 Å². The van der Waals surface area contributed by atoms with Crippen LogP contribution in [0.2, 0.25) is 0 Å². The number of hydrogen-bond donors (Lipinski definition) is 0. The van der Waals surface area contributed by atoms with E-state index in [2.05, 4.69) is 11.5 Å². The van der Waals surface area contributed by atoms with Gasteiger partial charge in [-0.2, -0.15) is 0 Å². The van der Waals surface area contributed by atoms with E-state index in [-0.39, 0.29) is 5.43 Å². The molecule has 3 aromatic rings. The summed E-state index contributed by atoms with van der Waals surface area (Å²) in [5, 5.41) is 0.507. The summed E-state index contributed by atoms with van der Waals surface area (Å²) in [6.07, 6.45) is 18.4. The highest BCUT2D eigenvalue weighted by Crippen LogP contribution is 2.37. The van der Waals surface area contributed by atoms with Gasteiger partial charge in [-0.05, 0) is 30.7 Å². The van der Waals surface area contributed by atoms with Crippen molar-refractivity contribution in [3.63, 3.8) is 0 Å². The van der Waals surface area contributed by atoms with E-state index in [1.807, 2.05) is 30.3 Å². The fourth-order valence-corrected chi connectivity index (χ4v) is 5.68. The molecule has 0 amide bonds. The first kappa shape index (κ1) is 32.4. The standard InChI is InChI=1S/C35H51NO5/c1-6-7-8-9-10-11-12-13-14-15-16-17-18-19-24-36-30-25-29(39-3)26-31(40-4)32(30)34(37)35(41-5)33(36)27-20-22-28(38-2)23-21-27/h20-23,25-26H,6-19,24H2,1-5H3. The predicted molar refractivity (Wildman–Crippen MR) is 170 cm³/mol. The molecular weight excluding hydrogens is 514 g/mol. The average Bonchev–Trinajstić information content (AvgIpc) is 3.01. The third kappa shape index (κ3) is 8.92. The largest absolute Gasteiger partial charge is 0.497 e. The molecule has 0 spiro atoms. The fraction of sp³-hybridized carbons (Fsp3) is 0.571. The first-order valence-electron chi connectivity index (χ1n) is 15.6. The number of methoxy groups -OCH3 is 4. The Balaban J connectivity index is 1.71. The highest BCUT2D eigenvalue weighted by Gasteiger charge is 2.22. The molecule has 6 nitrogen and oxygen atoms in total. The first-order valence-corrected chi connectivity index (χ1v) is 15.6. The lowest BCUT2D eigenvalue weighted by Crippen LogP contribution is -2.17. The highest BCUT2D eigenvalue weighted by molar-refractivity contribution is 5.91. The number of rotatable bonds is 20. The van der Waals surface area contributed by atoms with Crippen LogP contribution in [0.1, 0.15) is 96.8 Å². The molecule has 226 valence electrons. The summed E-state index contributed by atoms with van der Waals surface area (Å²) in [6, 6.07) is 11.4. The molecule has 2 aromatic carbocycles. The number of pyridine rings is 1. The van der Waals surface area contributed by atoms with Crippen LogP contribution in [-0.2, 0) is 6.54 Å². The minimum absolute atomic E-state index is 0.190. The number of hydrogen-bond acceptors (Lipinski definition) is 5. The zero-order chi connectivity index (χ0) is 29.5. The summed E-state index contributed by atoms with van der Waals surface area (Å²) in [6.45, 7) is 3.03. The fourth-order valence-electron chi connectivity index (χ4n) is 5.68. The SMILES string of the molecule is CCCCCCCCCCCCCCCCn1c(-c2ccc(OC)cc2)c(OC)c(=O)c2c(OC)cc(OC)cc21. The number of fused-ring (bicyclic) bond motifs is 1. The maximum absolute atomic E-state index is 13.7. The van der Waals surface area contributed by atoms with Crippen LogP contribution in [0.3, 0.4) is 0 Å². The van der Waals surface area contributed by atoms with Crippen LogP contribution in [0.5, 0.6) is 23.0 Å². The third-order valence-corrected chi connectivity index (χ3v) is 8.02. The Hall–Kier alpha value is -3.15. The minimum Gasteiger partial charge on any atom is -0.497 e. The van der Waals surface area contributed by atoms with E-state index in [9.17, 15) is 4.79 Å². The Morgan fingerprint density at radius 2 is 1.15 bits per heavy atom. The molecule has 1 aromatic heterocycles. The van der Waals surface area contributed by atoms with Gasteiger partial charge in [0.2, 0.25) is 5.43 Å². The lowest BCUT2D eigenvalue weighted by atomic mass is 10.0. The number of ether oxygens (including phenoxy) is 4. The molecule has 0 fully saturated rings. The Morgan fingerprint density at radius 1 is 0.610 bits per heavy atom. The van der Waals surface area contributed by atoms with Gasteiger partial charge in [0.15, 0.2) is 5.75 Å². The minimum atomic E-state index is -0.190. The smallest absolute Gasteiger partial charge is 0.235 e. The molecule has 0 aliphatic heterocycles. The van der Waals surface area contributed by atoms with Crippen LogP contribution in [-0.4, -0.2) is 33.0 Å². The van der Waals surface area contributed by atoms with Gasteiger partial charge >= 0.3 is 0 Å². The summed E-state index contributed by atoms with van der Waals surface area (Å²) >= 11 is 0. The van der Waals surface area contributed by atoms with Crippen molar-refractivity contribution in [3.8, 4) is 34.3 Å². The van der Waals surface area contributed by atoms with Gasteiger partial charge in [-0.3, -0.25) is 4.79 Å². The van der Waals surface area contributed by atoms with Crippen molar-refractivity contribution in [1.29, 1.82) is 0 Å². The summed E-state index contributed by atoms with van der Waals surface area (Å²) in [5.74, 6) is 2.21. The molecular formula is C35H51NO5. The van der Waals surface area contributed by atoms with Gasteiger partial charge in [0.05, 0.1) is 45.0 Å². The molecule has 0 saturated carbocycles. The van der Waals surface area contributed by atoms with Gasteiger partial charge in [-0.1, -0.05) is 90.4 Å². The molecule has 0 unspecified atom stereocenters. The molecule has 41 heavy (non-hydrogen) atoms. The zero-order valence-corrected chi connectivity index (χ0v) is 26.1. The highest BCUT2D eigenvalue weighted by atomic mass is 16.5. The molecule has 3 rings (SSSR count). The molecule has 0 bridgehead atoms. The van der Waals surface area contributed by atoms with Gasteiger partial charge in [-0.25, -0.2) is 0 Å². The van der Waals surface area contributed by atoms with E-state index in [1.165, 1.54) is 77.0 Å². The lowest BCUT2D eigenvalue weighted by molar-refractivity contribution is 0.394. The van der Waals surface area contributed by atoms with E-state index in [0.717, 1.165) is 41.9 Å². The molecule has 6 heteroatoms. The number of benzene rings is 2. The summed E-state index contributed by atoms with van der Waals surface area (Å²) < 4.78 is 24.6. The van der Waals surface area contributed by atoms with Crippen LogP contribution >= 0.6 is 0 Å². The monoisotopic (exact) mass is 565 g/mol. The molecule has 1 heterocycles. The van der Waals surface area contributed by atoms with E-state index in [0.29, 0.717) is 22.6 Å². The topological polar surface area (TPSA) is 58.9 Å². The van der Waals surface area contributed by atoms with Gasteiger partial charge in [0.25, 0.3) is 0 Å². The van der Waals surface area contributed by atoms with Gasteiger partial charge < -0.3 is 23.5 Å². The Morgan fingerprint density at radius 3 is 1.63 bits per heavy atom. The van der Waals surface area contributed by atoms with E-state index >= 15 is 0 Å². The molecule has 0 aliphatic carbocycles. The zero-order valence-electron chi connectivity index (χ0n) is 26.1. The molecule has 0 atom stereocenters. The van der Waals surface area contributed by atoms with Crippen LogP contribution in [0, 0.1) is 0 Å². The lowest BCUT2D eigenvalue weighted by Gasteiger charge is -2.22. The van der Waals surface area contributed by atoms with Crippen molar-refractivity contribution in [2.75, 3.05) is 28.4 Å². The molecule has 0 saturated heterocycles. The van der Waals surface area contributed by atoms with E-state index in [1.54, 1.807) is 34.5 Å². The molecule has 0 radical (unpaired) electrons. The Kier molecular flexibility index (Phi) is 13.9. The summed E-state index contributed by atoms with van der Waals surface area (Å²) in [5.41, 5.74) is 2.25. The number of aromatic nitrogens is 1. The summed E-state index contributed by atoms with van der Waals surface area (Å²) in [4.78, 5) is 13.7. The van der Waals surface area contributed by atoms with Gasteiger partial charge in [0.1, 0.15) is 17.2 Å². The maximum Gasteiger partial charge on any atom is 0.235 e. The van der Waals surface area contributed by atoms with Crippen molar-refractivity contribution in [3.05, 3.63) is 46.6 Å². The predicted octanol–water partition coefficient (Wildman–Crippen LogP) is 9.18. The third-order valence-electron chi connectivity index (χ3n) is 8.02. The molecule has 0 aliphatic rings. The summed E-state index contributed by atoms with van der Waals surface area (Å²) in [7, 11) is 6.41. The number of nitrogens with zero attached hydrogens (tertiary/aromatic N) is 1. The second kappa shape index (κ2) is 17.6. The average molecular weight is 566 g/mol. The van der Waals surface area contributed by atoms with Crippen LogP contribution in [0.4, 0.5) is 0 Å². The van der Waals surface area contributed by atoms with E-state index < -0.39 is 0 Å². The molecule has 0 N–H and O–H groups in total. The quantitative estimate of drug-likeness (QED) is 0.128. The number of aryl methyl sites for hydroxylation is 1. The van der Waals surface area contributed by atoms with Gasteiger partial charge in [0, 0.05) is 24.2 Å². The Bertz CT molecular complexity index is 1250. The van der Waals surface area contributed by atoms with Crippen molar-refractivity contribution < 1.29 is 18.9 Å². The normalized spacial score (nSPS) is 11.1. The maximum atomic E-state index is 13.7.